The summed E-state index contributed by atoms with van der Waals surface area (Å²) in [5.74, 6) is -0.125. The summed E-state index contributed by atoms with van der Waals surface area (Å²) in [5, 5.41) is 12.3. The van der Waals surface area contributed by atoms with Gasteiger partial charge in [-0.2, -0.15) is 4.80 Å². The Kier molecular flexibility index (Phi) is 6.12. The number of benzene rings is 3. The first kappa shape index (κ1) is 20.8. The number of hydrogen-bond acceptors (Lipinski definition) is 3. The lowest BCUT2D eigenvalue weighted by molar-refractivity contribution is 0.102. The SMILES string of the molecule is CCCCc1ccc(-n2nc3cc(C)c(NC(=O)c4ccc(CC)cc4)cc3n2)cc1. The number of aromatic nitrogens is 3. The summed E-state index contributed by atoms with van der Waals surface area (Å²) in [4.78, 5) is 14.3. The van der Waals surface area contributed by atoms with E-state index in [0.29, 0.717) is 5.56 Å². The third-order valence-corrected chi connectivity index (χ3v) is 5.59. The number of unbranched alkanes of at least 4 members (excludes halogenated alkanes) is 1. The lowest BCUT2D eigenvalue weighted by Crippen LogP contribution is -2.12. The van der Waals surface area contributed by atoms with Crippen LogP contribution in [-0.2, 0) is 12.8 Å². The monoisotopic (exact) mass is 412 g/mol. The van der Waals surface area contributed by atoms with Gasteiger partial charge in [-0.1, -0.05) is 44.5 Å². The number of anilines is 1. The number of rotatable bonds is 7. The van der Waals surface area contributed by atoms with E-state index in [1.165, 1.54) is 24.0 Å². The van der Waals surface area contributed by atoms with Crippen LogP contribution in [0.15, 0.2) is 60.7 Å². The molecule has 5 heteroatoms. The fourth-order valence-corrected chi connectivity index (χ4v) is 3.58. The first-order chi connectivity index (χ1) is 15.1. The normalized spacial score (nSPS) is 11.1. The molecule has 0 atom stereocenters. The number of nitrogens with zero attached hydrogens (tertiary/aromatic N) is 3. The Morgan fingerprint density at radius 3 is 2.19 bits per heavy atom. The first-order valence-electron chi connectivity index (χ1n) is 10.9. The van der Waals surface area contributed by atoms with Crippen LogP contribution in [0.2, 0.25) is 0 Å². The summed E-state index contributed by atoms with van der Waals surface area (Å²) in [7, 11) is 0. The third-order valence-electron chi connectivity index (χ3n) is 5.59. The zero-order valence-corrected chi connectivity index (χ0v) is 18.4. The number of carbonyl (C=O) groups excluding carboxylic acids is 1. The van der Waals surface area contributed by atoms with E-state index in [0.717, 1.165) is 40.8 Å². The van der Waals surface area contributed by atoms with Gasteiger partial charge in [-0.25, -0.2) is 0 Å². The van der Waals surface area contributed by atoms with Gasteiger partial charge in [0.2, 0.25) is 0 Å². The molecule has 0 bridgehead atoms. The van der Waals surface area contributed by atoms with Crippen molar-refractivity contribution >= 4 is 22.6 Å². The molecule has 0 radical (unpaired) electrons. The van der Waals surface area contributed by atoms with E-state index in [1.807, 2.05) is 43.3 Å². The maximum atomic E-state index is 12.7. The molecule has 31 heavy (non-hydrogen) atoms. The highest BCUT2D eigenvalue weighted by Crippen LogP contribution is 2.23. The van der Waals surface area contributed by atoms with E-state index in [-0.39, 0.29) is 5.91 Å². The van der Waals surface area contributed by atoms with Gasteiger partial charge in [-0.3, -0.25) is 4.79 Å². The molecule has 0 fully saturated rings. The Hall–Kier alpha value is -3.47. The summed E-state index contributed by atoms with van der Waals surface area (Å²) in [6, 6.07) is 19.9. The van der Waals surface area contributed by atoms with Gasteiger partial charge >= 0.3 is 0 Å². The number of amides is 1. The lowest BCUT2D eigenvalue weighted by Gasteiger charge is -2.08. The van der Waals surface area contributed by atoms with E-state index in [9.17, 15) is 4.79 Å². The van der Waals surface area contributed by atoms with Crippen molar-refractivity contribution in [3.05, 3.63) is 82.9 Å². The molecule has 0 unspecified atom stereocenters. The molecule has 0 aliphatic carbocycles. The van der Waals surface area contributed by atoms with Crippen molar-refractivity contribution in [1.82, 2.24) is 15.0 Å². The molecular weight excluding hydrogens is 384 g/mol. The number of aryl methyl sites for hydroxylation is 3. The average molecular weight is 413 g/mol. The highest BCUT2D eigenvalue weighted by molar-refractivity contribution is 6.05. The van der Waals surface area contributed by atoms with Crippen molar-refractivity contribution in [3.63, 3.8) is 0 Å². The van der Waals surface area contributed by atoms with Gasteiger partial charge in [0.25, 0.3) is 5.91 Å². The van der Waals surface area contributed by atoms with Gasteiger partial charge in [-0.15, -0.1) is 10.2 Å². The molecule has 5 nitrogen and oxygen atoms in total. The molecular formula is C26H28N4O. The predicted molar refractivity (Wildman–Crippen MR) is 126 cm³/mol. The van der Waals surface area contributed by atoms with Crippen molar-refractivity contribution in [3.8, 4) is 5.69 Å². The van der Waals surface area contributed by atoms with Crippen molar-refractivity contribution in [2.24, 2.45) is 0 Å². The summed E-state index contributed by atoms with van der Waals surface area (Å²) >= 11 is 0. The van der Waals surface area contributed by atoms with E-state index in [2.05, 4.69) is 53.6 Å². The Labute approximate surface area is 183 Å². The van der Waals surface area contributed by atoms with E-state index < -0.39 is 0 Å². The smallest absolute Gasteiger partial charge is 0.255 e. The van der Waals surface area contributed by atoms with Gasteiger partial charge in [0.1, 0.15) is 11.0 Å². The van der Waals surface area contributed by atoms with Gasteiger partial charge < -0.3 is 5.32 Å². The quantitative estimate of drug-likeness (QED) is 0.412. The van der Waals surface area contributed by atoms with E-state index >= 15 is 0 Å². The number of hydrogen-bond donors (Lipinski definition) is 1. The van der Waals surface area contributed by atoms with Crippen LogP contribution in [-0.4, -0.2) is 20.9 Å². The molecule has 1 aromatic heterocycles. The Morgan fingerprint density at radius 1 is 0.903 bits per heavy atom. The molecule has 4 aromatic rings. The van der Waals surface area contributed by atoms with Crippen LogP contribution in [0.3, 0.4) is 0 Å². The van der Waals surface area contributed by atoms with Crippen molar-refractivity contribution in [1.29, 1.82) is 0 Å². The lowest BCUT2D eigenvalue weighted by atomic mass is 10.1. The van der Waals surface area contributed by atoms with Gasteiger partial charge in [-0.05, 0) is 79.3 Å². The molecule has 158 valence electrons. The van der Waals surface area contributed by atoms with Gasteiger partial charge in [0, 0.05) is 11.3 Å². The molecule has 0 spiro atoms. The van der Waals surface area contributed by atoms with Crippen LogP contribution >= 0.6 is 0 Å². The minimum absolute atomic E-state index is 0.125. The summed E-state index contributed by atoms with van der Waals surface area (Å²) in [5.41, 5.74) is 7.36. The molecule has 0 aliphatic heterocycles. The second-order valence-corrected chi connectivity index (χ2v) is 7.92. The predicted octanol–water partition coefficient (Wildman–Crippen LogP) is 5.89. The molecule has 1 heterocycles. The highest BCUT2D eigenvalue weighted by atomic mass is 16.1. The average Bonchev–Trinajstić information content (AvgIpc) is 3.21. The van der Waals surface area contributed by atoms with Crippen LogP contribution in [0.25, 0.3) is 16.7 Å². The minimum Gasteiger partial charge on any atom is -0.322 e. The first-order valence-corrected chi connectivity index (χ1v) is 10.9. The third kappa shape index (κ3) is 4.66. The van der Waals surface area contributed by atoms with Crippen molar-refractivity contribution in [2.45, 2.75) is 46.5 Å². The molecule has 1 N–H and O–H groups in total. The maximum absolute atomic E-state index is 12.7. The molecule has 0 saturated heterocycles. The van der Waals surface area contributed by atoms with E-state index in [1.54, 1.807) is 4.80 Å². The Morgan fingerprint density at radius 2 is 1.55 bits per heavy atom. The fraction of sp³-hybridized carbons (Fsp3) is 0.269. The molecule has 3 aromatic carbocycles. The van der Waals surface area contributed by atoms with Crippen LogP contribution < -0.4 is 5.32 Å². The standard InChI is InChI=1S/C26H28N4O/c1-4-6-7-20-10-14-22(15-11-20)30-28-24-16-18(3)23(17-25(24)29-30)27-26(31)21-12-8-19(5-2)9-13-21/h8-17H,4-7H2,1-3H3,(H,27,31). The van der Waals surface area contributed by atoms with Crippen LogP contribution in [0.4, 0.5) is 5.69 Å². The van der Waals surface area contributed by atoms with Crippen molar-refractivity contribution < 1.29 is 4.79 Å². The fourth-order valence-electron chi connectivity index (χ4n) is 3.58. The topological polar surface area (TPSA) is 59.8 Å². The number of carbonyl (C=O) groups is 1. The Balaban J connectivity index is 1.56. The Bertz CT molecular complexity index is 1190. The highest BCUT2D eigenvalue weighted by Gasteiger charge is 2.12. The molecule has 0 saturated carbocycles. The number of nitrogens with one attached hydrogen (secondary N) is 1. The van der Waals surface area contributed by atoms with Gasteiger partial charge in [0.15, 0.2) is 0 Å². The van der Waals surface area contributed by atoms with Crippen LogP contribution in [0.5, 0.6) is 0 Å². The summed E-state index contributed by atoms with van der Waals surface area (Å²) in [6.45, 7) is 6.27. The molecule has 4 rings (SSSR count). The zero-order valence-electron chi connectivity index (χ0n) is 18.4. The second kappa shape index (κ2) is 9.13. The van der Waals surface area contributed by atoms with Crippen molar-refractivity contribution in [2.75, 3.05) is 5.32 Å². The molecule has 0 aliphatic rings. The number of fused-ring (bicyclic) bond motifs is 1. The van der Waals surface area contributed by atoms with Crippen LogP contribution in [0.1, 0.15) is 53.7 Å². The van der Waals surface area contributed by atoms with Gasteiger partial charge in [0.05, 0.1) is 5.69 Å². The largest absolute Gasteiger partial charge is 0.322 e. The second-order valence-electron chi connectivity index (χ2n) is 7.92. The zero-order chi connectivity index (χ0) is 21.8. The van der Waals surface area contributed by atoms with E-state index in [4.69, 9.17) is 0 Å². The molecule has 1 amide bonds. The summed E-state index contributed by atoms with van der Waals surface area (Å²) in [6.07, 6.45) is 4.43. The maximum Gasteiger partial charge on any atom is 0.255 e. The minimum atomic E-state index is -0.125. The summed E-state index contributed by atoms with van der Waals surface area (Å²) < 4.78 is 0. The van der Waals surface area contributed by atoms with Crippen LogP contribution in [0, 0.1) is 6.92 Å².